The molecule has 0 atom stereocenters. The van der Waals surface area contributed by atoms with Gasteiger partial charge in [-0.3, -0.25) is 19.4 Å². The smallest absolute Gasteiger partial charge is 0.238 e. The monoisotopic (exact) mass is 504 g/mol. The standard InChI is InChI=1S/C32H32N4O2/c37-31(33-29-15-7-13-27(21-29)25-9-3-1-4-10-25)23-35-17-19-36(20-18-35)24-32(38)34-30-16-8-14-28(22-30)26-11-5-2-6-12-26/h1-16,21-22H,17-20,23-24H2,(H,33,37)(H,34,38). The first-order valence-electron chi connectivity index (χ1n) is 13.0. The van der Waals surface area contributed by atoms with Crippen molar-refractivity contribution in [2.75, 3.05) is 49.9 Å². The Labute approximate surface area is 223 Å². The highest BCUT2D eigenvalue weighted by atomic mass is 16.2. The summed E-state index contributed by atoms with van der Waals surface area (Å²) in [5, 5.41) is 6.06. The van der Waals surface area contributed by atoms with Crippen molar-refractivity contribution in [2.24, 2.45) is 0 Å². The molecule has 0 bridgehead atoms. The molecular formula is C32H32N4O2. The third-order valence-corrected chi connectivity index (χ3v) is 6.71. The van der Waals surface area contributed by atoms with Gasteiger partial charge in [0.2, 0.25) is 11.8 Å². The van der Waals surface area contributed by atoms with E-state index in [1.807, 2.05) is 84.9 Å². The zero-order valence-corrected chi connectivity index (χ0v) is 21.3. The lowest BCUT2D eigenvalue weighted by molar-refractivity contribution is -0.120. The van der Waals surface area contributed by atoms with Crippen molar-refractivity contribution in [3.8, 4) is 22.3 Å². The molecule has 2 amide bonds. The third kappa shape index (κ3) is 6.94. The normalized spacial score (nSPS) is 14.1. The molecule has 0 aliphatic carbocycles. The SMILES string of the molecule is O=C(CN1CCN(CC(=O)Nc2cccc(-c3ccccc3)c2)CC1)Nc1cccc(-c2ccccc2)c1. The molecule has 2 N–H and O–H groups in total. The number of rotatable bonds is 8. The van der Waals surface area contributed by atoms with Gasteiger partial charge in [-0.15, -0.1) is 0 Å². The maximum Gasteiger partial charge on any atom is 0.238 e. The highest BCUT2D eigenvalue weighted by Crippen LogP contribution is 2.23. The Morgan fingerprint density at radius 1 is 0.500 bits per heavy atom. The quantitative estimate of drug-likeness (QED) is 0.346. The van der Waals surface area contributed by atoms with Gasteiger partial charge in [0.15, 0.2) is 0 Å². The molecule has 1 fully saturated rings. The summed E-state index contributed by atoms with van der Waals surface area (Å²) in [6, 6.07) is 36.1. The van der Waals surface area contributed by atoms with Gasteiger partial charge in [-0.2, -0.15) is 0 Å². The average Bonchev–Trinajstić information content (AvgIpc) is 2.95. The van der Waals surface area contributed by atoms with E-state index < -0.39 is 0 Å². The maximum absolute atomic E-state index is 12.7. The molecule has 0 unspecified atom stereocenters. The molecule has 6 heteroatoms. The molecule has 0 aromatic heterocycles. The van der Waals surface area contributed by atoms with Crippen LogP contribution in [-0.4, -0.2) is 60.9 Å². The van der Waals surface area contributed by atoms with E-state index in [1.165, 1.54) is 0 Å². The van der Waals surface area contributed by atoms with Crippen molar-refractivity contribution in [3.63, 3.8) is 0 Å². The zero-order chi connectivity index (χ0) is 26.2. The molecule has 6 nitrogen and oxygen atoms in total. The lowest BCUT2D eigenvalue weighted by Crippen LogP contribution is -2.50. The van der Waals surface area contributed by atoms with Crippen LogP contribution in [0.5, 0.6) is 0 Å². The Kier molecular flexibility index (Phi) is 8.23. The summed E-state index contributed by atoms with van der Waals surface area (Å²) < 4.78 is 0. The molecule has 0 spiro atoms. The van der Waals surface area contributed by atoms with Crippen molar-refractivity contribution in [2.45, 2.75) is 0 Å². The van der Waals surface area contributed by atoms with Crippen LogP contribution in [0.2, 0.25) is 0 Å². The molecule has 0 saturated carbocycles. The fraction of sp³-hybridized carbons (Fsp3) is 0.188. The number of carbonyl (C=O) groups is 2. The number of benzene rings is 4. The van der Waals surface area contributed by atoms with Crippen LogP contribution in [0, 0.1) is 0 Å². The predicted molar refractivity (Wildman–Crippen MR) is 154 cm³/mol. The summed E-state index contributed by atoms with van der Waals surface area (Å²) in [5.41, 5.74) is 5.97. The molecule has 4 aromatic carbocycles. The van der Waals surface area contributed by atoms with E-state index in [1.54, 1.807) is 0 Å². The molecule has 0 radical (unpaired) electrons. The molecule has 4 aromatic rings. The molecule has 1 saturated heterocycles. The predicted octanol–water partition coefficient (Wildman–Crippen LogP) is 5.22. The van der Waals surface area contributed by atoms with E-state index >= 15 is 0 Å². The Hall–Kier alpha value is -4.26. The van der Waals surface area contributed by atoms with Crippen molar-refractivity contribution in [3.05, 3.63) is 109 Å². The number of piperazine rings is 1. The summed E-state index contributed by atoms with van der Waals surface area (Å²) in [7, 11) is 0. The second-order valence-electron chi connectivity index (χ2n) is 9.54. The summed E-state index contributed by atoms with van der Waals surface area (Å²) in [5.74, 6) is -0.0561. The zero-order valence-electron chi connectivity index (χ0n) is 21.3. The molecular weight excluding hydrogens is 472 g/mol. The van der Waals surface area contributed by atoms with Gasteiger partial charge in [0.1, 0.15) is 0 Å². The highest BCUT2D eigenvalue weighted by molar-refractivity contribution is 5.93. The van der Waals surface area contributed by atoms with E-state index in [9.17, 15) is 9.59 Å². The van der Waals surface area contributed by atoms with Gasteiger partial charge in [-0.25, -0.2) is 0 Å². The Morgan fingerprint density at radius 2 is 0.868 bits per heavy atom. The number of anilines is 2. The first kappa shape index (κ1) is 25.4. The van der Waals surface area contributed by atoms with E-state index in [2.05, 4.69) is 44.7 Å². The van der Waals surface area contributed by atoms with Crippen molar-refractivity contribution in [1.82, 2.24) is 9.80 Å². The minimum Gasteiger partial charge on any atom is -0.325 e. The Balaban J connectivity index is 1.07. The van der Waals surface area contributed by atoms with Crippen LogP contribution in [0.3, 0.4) is 0 Å². The minimum absolute atomic E-state index is 0.0281. The fourth-order valence-electron chi connectivity index (χ4n) is 4.73. The molecule has 1 heterocycles. The maximum atomic E-state index is 12.7. The lowest BCUT2D eigenvalue weighted by Gasteiger charge is -2.33. The number of carbonyl (C=O) groups excluding carboxylic acids is 2. The highest BCUT2D eigenvalue weighted by Gasteiger charge is 2.21. The molecule has 5 rings (SSSR count). The first-order chi connectivity index (χ1) is 18.6. The van der Waals surface area contributed by atoms with E-state index in [-0.39, 0.29) is 11.8 Å². The van der Waals surface area contributed by atoms with Crippen LogP contribution in [0.25, 0.3) is 22.3 Å². The van der Waals surface area contributed by atoms with Crippen LogP contribution < -0.4 is 10.6 Å². The second-order valence-corrected chi connectivity index (χ2v) is 9.54. The Morgan fingerprint density at radius 3 is 1.26 bits per heavy atom. The van der Waals surface area contributed by atoms with E-state index in [0.29, 0.717) is 13.1 Å². The summed E-state index contributed by atoms with van der Waals surface area (Å²) in [6.45, 7) is 3.65. The van der Waals surface area contributed by atoms with Crippen molar-refractivity contribution < 1.29 is 9.59 Å². The summed E-state index contributed by atoms with van der Waals surface area (Å²) in [6.07, 6.45) is 0. The Bertz CT molecular complexity index is 1260. The fourth-order valence-corrected chi connectivity index (χ4v) is 4.73. The van der Waals surface area contributed by atoms with Gasteiger partial charge >= 0.3 is 0 Å². The third-order valence-electron chi connectivity index (χ3n) is 6.71. The number of hydrogen-bond donors (Lipinski definition) is 2. The van der Waals surface area contributed by atoms with Crippen LogP contribution >= 0.6 is 0 Å². The van der Waals surface area contributed by atoms with Gasteiger partial charge in [0.05, 0.1) is 13.1 Å². The average molecular weight is 505 g/mol. The van der Waals surface area contributed by atoms with Gasteiger partial charge in [0, 0.05) is 37.6 Å². The largest absolute Gasteiger partial charge is 0.325 e. The molecule has 1 aliphatic rings. The first-order valence-corrected chi connectivity index (χ1v) is 13.0. The van der Waals surface area contributed by atoms with Crippen LogP contribution in [0.1, 0.15) is 0 Å². The number of hydrogen-bond acceptors (Lipinski definition) is 4. The van der Waals surface area contributed by atoms with E-state index in [4.69, 9.17) is 0 Å². The molecule has 1 aliphatic heterocycles. The number of amides is 2. The van der Waals surface area contributed by atoms with Gasteiger partial charge < -0.3 is 10.6 Å². The lowest BCUT2D eigenvalue weighted by atomic mass is 10.1. The van der Waals surface area contributed by atoms with Crippen LogP contribution in [0.4, 0.5) is 11.4 Å². The summed E-state index contributed by atoms with van der Waals surface area (Å²) in [4.78, 5) is 29.6. The van der Waals surface area contributed by atoms with E-state index in [0.717, 1.165) is 59.8 Å². The number of nitrogens with one attached hydrogen (secondary N) is 2. The summed E-state index contributed by atoms with van der Waals surface area (Å²) >= 11 is 0. The van der Waals surface area contributed by atoms with Gasteiger partial charge in [0.25, 0.3) is 0 Å². The van der Waals surface area contributed by atoms with Gasteiger partial charge in [-0.1, -0.05) is 84.9 Å². The van der Waals surface area contributed by atoms with Crippen LogP contribution in [0.15, 0.2) is 109 Å². The van der Waals surface area contributed by atoms with Gasteiger partial charge in [-0.05, 0) is 46.5 Å². The minimum atomic E-state index is -0.0281. The molecule has 192 valence electrons. The topological polar surface area (TPSA) is 64.7 Å². The van der Waals surface area contributed by atoms with Crippen LogP contribution in [-0.2, 0) is 9.59 Å². The second kappa shape index (κ2) is 12.3. The van der Waals surface area contributed by atoms with Crippen molar-refractivity contribution in [1.29, 1.82) is 0 Å². The molecule has 38 heavy (non-hydrogen) atoms. The van der Waals surface area contributed by atoms with Crippen molar-refractivity contribution >= 4 is 23.2 Å². The number of nitrogens with zero attached hydrogens (tertiary/aromatic N) is 2.